The van der Waals surface area contributed by atoms with Crippen LogP contribution in [0.1, 0.15) is 38.8 Å². The summed E-state index contributed by atoms with van der Waals surface area (Å²) in [5.74, 6) is 0.775. The molecule has 1 aliphatic heterocycles. The second-order valence-corrected chi connectivity index (χ2v) is 12.2. The molecule has 0 aliphatic carbocycles. The van der Waals surface area contributed by atoms with Gasteiger partial charge in [-0.05, 0) is 41.7 Å². The first-order valence-electron chi connectivity index (χ1n) is 11.1. The molecule has 4 rings (SSSR count). The molecule has 9 heteroatoms. The molecule has 3 aromatic rings. The van der Waals surface area contributed by atoms with E-state index >= 15 is 0 Å². The first-order chi connectivity index (χ1) is 16.0. The Hall–Kier alpha value is -2.84. The Bertz CT molecular complexity index is 1280. The van der Waals surface area contributed by atoms with Crippen LogP contribution in [0.15, 0.2) is 54.6 Å². The summed E-state index contributed by atoms with van der Waals surface area (Å²) in [5.41, 5.74) is 2.64. The van der Waals surface area contributed by atoms with Crippen LogP contribution in [0.25, 0.3) is 11.3 Å². The van der Waals surface area contributed by atoms with E-state index < -0.39 is 9.84 Å². The zero-order chi connectivity index (χ0) is 24.5. The first-order valence-corrected chi connectivity index (χ1v) is 13.3. The Morgan fingerprint density at radius 1 is 1.15 bits per heavy atom. The van der Waals surface area contributed by atoms with Gasteiger partial charge in [-0.1, -0.05) is 56.6 Å². The lowest BCUT2D eigenvalue weighted by Gasteiger charge is -2.19. The Kier molecular flexibility index (Phi) is 6.73. The van der Waals surface area contributed by atoms with Crippen LogP contribution in [-0.4, -0.2) is 42.2 Å². The minimum absolute atomic E-state index is 0.00572. The molecule has 1 atom stereocenters. The molecule has 0 saturated carbocycles. The van der Waals surface area contributed by atoms with E-state index in [0.29, 0.717) is 28.7 Å². The summed E-state index contributed by atoms with van der Waals surface area (Å²) >= 11 is 5.99. The second kappa shape index (κ2) is 9.43. The minimum atomic E-state index is -3.13. The Morgan fingerprint density at radius 3 is 2.41 bits per heavy atom. The smallest absolute Gasteiger partial charge is 0.263 e. The largest absolute Gasteiger partial charge is 0.484 e. The summed E-state index contributed by atoms with van der Waals surface area (Å²) in [6.45, 7) is 6.22. The van der Waals surface area contributed by atoms with Gasteiger partial charge in [0, 0.05) is 16.7 Å². The Balaban J connectivity index is 1.50. The third-order valence-electron chi connectivity index (χ3n) is 5.79. The van der Waals surface area contributed by atoms with Gasteiger partial charge in [0.1, 0.15) is 11.6 Å². The Labute approximate surface area is 205 Å². The van der Waals surface area contributed by atoms with E-state index in [0.717, 1.165) is 5.56 Å². The van der Waals surface area contributed by atoms with Crippen molar-refractivity contribution in [2.24, 2.45) is 0 Å². The minimum Gasteiger partial charge on any atom is -0.484 e. The fraction of sp³-hybridized carbons (Fsp3) is 0.360. The predicted octanol–water partition coefficient (Wildman–Crippen LogP) is 4.88. The van der Waals surface area contributed by atoms with Crippen molar-refractivity contribution < 1.29 is 17.9 Å². The molecule has 1 amide bonds. The van der Waals surface area contributed by atoms with Crippen molar-refractivity contribution in [3.05, 3.63) is 65.2 Å². The molecule has 2 heterocycles. The molecule has 1 fully saturated rings. The van der Waals surface area contributed by atoms with Gasteiger partial charge in [0.2, 0.25) is 0 Å². The van der Waals surface area contributed by atoms with E-state index in [1.165, 1.54) is 5.56 Å². The van der Waals surface area contributed by atoms with Gasteiger partial charge in [0.15, 0.2) is 16.4 Å². The van der Waals surface area contributed by atoms with Crippen LogP contribution in [-0.2, 0) is 20.0 Å². The highest BCUT2D eigenvalue weighted by molar-refractivity contribution is 7.91. The molecular weight excluding hydrogens is 474 g/mol. The lowest BCUT2D eigenvalue weighted by molar-refractivity contribution is -0.118. The number of nitrogens with one attached hydrogen (secondary N) is 1. The number of rotatable bonds is 6. The molecule has 1 aromatic heterocycles. The van der Waals surface area contributed by atoms with Gasteiger partial charge in [-0.25, -0.2) is 13.1 Å². The monoisotopic (exact) mass is 501 g/mol. The van der Waals surface area contributed by atoms with Gasteiger partial charge < -0.3 is 10.1 Å². The number of aromatic nitrogens is 2. The average molecular weight is 502 g/mol. The quantitative estimate of drug-likeness (QED) is 0.520. The lowest BCUT2D eigenvalue weighted by Crippen LogP contribution is -2.23. The molecule has 1 N–H and O–H groups in total. The van der Waals surface area contributed by atoms with Crippen LogP contribution < -0.4 is 10.1 Å². The van der Waals surface area contributed by atoms with Crippen LogP contribution >= 0.6 is 11.6 Å². The normalized spacial score (nSPS) is 17.5. The molecule has 0 radical (unpaired) electrons. The molecule has 2 aromatic carbocycles. The molecular formula is C25H28ClN3O4S. The van der Waals surface area contributed by atoms with Crippen molar-refractivity contribution >= 4 is 33.2 Å². The summed E-state index contributed by atoms with van der Waals surface area (Å²) in [4.78, 5) is 12.7. The molecule has 1 saturated heterocycles. The number of ether oxygens (including phenoxy) is 1. The number of anilines is 1. The highest BCUT2D eigenvalue weighted by Crippen LogP contribution is 2.31. The van der Waals surface area contributed by atoms with E-state index in [4.69, 9.17) is 16.3 Å². The number of hydrogen-bond donors (Lipinski definition) is 1. The van der Waals surface area contributed by atoms with Crippen LogP contribution in [0.4, 0.5) is 5.82 Å². The van der Waals surface area contributed by atoms with Crippen LogP contribution in [0.2, 0.25) is 5.02 Å². The van der Waals surface area contributed by atoms with Crippen LogP contribution in [0.3, 0.4) is 0 Å². The standard InChI is InChI=1S/C25H28ClN3O4S/c1-25(2,3)18-6-10-21(11-7-18)33-15-24(30)27-23-14-22(17-4-8-19(26)9-5-17)28-29(23)20-12-13-34(31,32)16-20/h4-11,14,20H,12-13,15-16H2,1-3H3,(H,27,30). The summed E-state index contributed by atoms with van der Waals surface area (Å²) in [5, 5.41) is 8.06. The third-order valence-corrected chi connectivity index (χ3v) is 7.79. The maximum Gasteiger partial charge on any atom is 0.263 e. The van der Waals surface area contributed by atoms with Crippen molar-refractivity contribution in [1.82, 2.24) is 9.78 Å². The Morgan fingerprint density at radius 2 is 1.82 bits per heavy atom. The van der Waals surface area contributed by atoms with Crippen molar-refractivity contribution in [2.45, 2.75) is 38.6 Å². The van der Waals surface area contributed by atoms with Crippen molar-refractivity contribution in [1.29, 1.82) is 0 Å². The van der Waals surface area contributed by atoms with E-state index in [-0.39, 0.29) is 35.5 Å². The maximum atomic E-state index is 12.7. The molecule has 0 spiro atoms. The zero-order valence-electron chi connectivity index (χ0n) is 19.4. The zero-order valence-corrected chi connectivity index (χ0v) is 21.0. The van der Waals surface area contributed by atoms with Crippen molar-refractivity contribution in [3.8, 4) is 17.0 Å². The maximum absolute atomic E-state index is 12.7. The van der Waals surface area contributed by atoms with Crippen LogP contribution in [0.5, 0.6) is 5.75 Å². The summed E-state index contributed by atoms with van der Waals surface area (Å²) in [6.07, 6.45) is 0.448. The number of sulfone groups is 1. The molecule has 0 bridgehead atoms. The number of halogens is 1. The number of amides is 1. The fourth-order valence-corrected chi connectivity index (χ4v) is 5.69. The number of hydrogen-bond acceptors (Lipinski definition) is 5. The number of nitrogens with zero attached hydrogens (tertiary/aromatic N) is 2. The van der Waals surface area contributed by atoms with Gasteiger partial charge >= 0.3 is 0 Å². The van der Waals surface area contributed by atoms with E-state index in [2.05, 4.69) is 31.2 Å². The van der Waals surface area contributed by atoms with E-state index in [9.17, 15) is 13.2 Å². The summed E-state index contributed by atoms with van der Waals surface area (Å²) in [6, 6.07) is 16.2. The number of carbonyl (C=O) groups is 1. The molecule has 7 nitrogen and oxygen atoms in total. The molecule has 180 valence electrons. The first kappa shape index (κ1) is 24.3. The van der Waals surface area contributed by atoms with E-state index in [1.807, 2.05) is 36.4 Å². The second-order valence-electron chi connectivity index (χ2n) is 9.53. The summed E-state index contributed by atoms with van der Waals surface area (Å²) in [7, 11) is -3.13. The fourth-order valence-electron chi connectivity index (χ4n) is 3.88. The number of carbonyl (C=O) groups excluding carboxylic acids is 1. The highest BCUT2D eigenvalue weighted by atomic mass is 35.5. The van der Waals surface area contributed by atoms with Crippen molar-refractivity contribution in [2.75, 3.05) is 23.4 Å². The molecule has 34 heavy (non-hydrogen) atoms. The average Bonchev–Trinajstić information content (AvgIpc) is 3.35. The van der Waals surface area contributed by atoms with Gasteiger partial charge in [-0.15, -0.1) is 0 Å². The van der Waals surface area contributed by atoms with Gasteiger partial charge in [0.05, 0.1) is 23.2 Å². The highest BCUT2D eigenvalue weighted by Gasteiger charge is 2.32. The SMILES string of the molecule is CC(C)(C)c1ccc(OCC(=O)Nc2cc(-c3ccc(Cl)cc3)nn2C2CCS(=O)(=O)C2)cc1. The lowest BCUT2D eigenvalue weighted by atomic mass is 9.87. The van der Waals surface area contributed by atoms with Gasteiger partial charge in [-0.3, -0.25) is 4.79 Å². The van der Waals surface area contributed by atoms with Gasteiger partial charge in [0.25, 0.3) is 5.91 Å². The van der Waals surface area contributed by atoms with Crippen molar-refractivity contribution in [3.63, 3.8) is 0 Å². The van der Waals surface area contributed by atoms with Crippen LogP contribution in [0, 0.1) is 0 Å². The third kappa shape index (κ3) is 5.80. The molecule has 1 aliphatic rings. The summed E-state index contributed by atoms with van der Waals surface area (Å²) < 4.78 is 31.3. The van der Waals surface area contributed by atoms with Gasteiger partial charge in [-0.2, -0.15) is 5.10 Å². The predicted molar refractivity (Wildman–Crippen MR) is 134 cm³/mol. The van der Waals surface area contributed by atoms with E-state index in [1.54, 1.807) is 22.9 Å². The topological polar surface area (TPSA) is 90.3 Å². The molecule has 1 unspecified atom stereocenters. The number of benzene rings is 2.